The third-order valence-corrected chi connectivity index (χ3v) is 2.90. The molecule has 18 heavy (non-hydrogen) atoms. The summed E-state index contributed by atoms with van der Waals surface area (Å²) in [5.74, 6) is -1.78. The van der Waals surface area contributed by atoms with E-state index in [2.05, 4.69) is 0 Å². The van der Waals surface area contributed by atoms with Crippen molar-refractivity contribution in [3.05, 3.63) is 11.6 Å². The minimum atomic E-state index is -5.55. The molecule has 0 saturated heterocycles. The molecule has 104 valence electrons. The molecule has 1 fully saturated rings. The molecule has 1 saturated carbocycles. The van der Waals surface area contributed by atoms with E-state index in [-0.39, 0.29) is 6.08 Å². The first-order chi connectivity index (χ1) is 8.12. The molecule has 1 rings (SSSR count). The highest BCUT2D eigenvalue weighted by atomic mass is 19.4. The Morgan fingerprint density at radius 3 is 1.72 bits per heavy atom. The lowest BCUT2D eigenvalue weighted by Crippen LogP contribution is -2.28. The number of rotatable bonds is 2. The molecule has 0 aromatic rings. The van der Waals surface area contributed by atoms with Gasteiger partial charge < -0.3 is 0 Å². The maximum Gasteiger partial charge on any atom is 0.421 e. The van der Waals surface area contributed by atoms with Crippen molar-refractivity contribution >= 4 is 5.78 Å². The predicted octanol–water partition coefficient (Wildman–Crippen LogP) is 4.19. The van der Waals surface area contributed by atoms with E-state index < -0.39 is 29.6 Å². The summed E-state index contributed by atoms with van der Waals surface area (Å²) < 4.78 is 73.2. The SMILES string of the molecule is O=C(C=C(C(F)(F)F)C(F)(F)F)C1CCCCC1. The topological polar surface area (TPSA) is 17.1 Å². The lowest BCUT2D eigenvalue weighted by molar-refractivity contribution is -0.173. The van der Waals surface area contributed by atoms with Crippen LogP contribution in [-0.4, -0.2) is 18.1 Å². The highest BCUT2D eigenvalue weighted by molar-refractivity contribution is 5.92. The average molecular weight is 274 g/mol. The minimum Gasteiger partial charge on any atom is -0.295 e. The second kappa shape index (κ2) is 5.32. The first kappa shape index (κ1) is 15.0. The number of carbonyl (C=O) groups is 1. The molecule has 7 heteroatoms. The van der Waals surface area contributed by atoms with E-state index in [1.54, 1.807) is 0 Å². The predicted molar refractivity (Wildman–Crippen MR) is 51.8 cm³/mol. The Labute approximate surface area is 99.8 Å². The van der Waals surface area contributed by atoms with Gasteiger partial charge in [0.15, 0.2) is 5.78 Å². The number of halogens is 6. The van der Waals surface area contributed by atoms with Crippen molar-refractivity contribution in [2.24, 2.45) is 5.92 Å². The summed E-state index contributed by atoms with van der Waals surface area (Å²) in [6.45, 7) is 0. The van der Waals surface area contributed by atoms with Crippen molar-refractivity contribution in [3.8, 4) is 0 Å². The van der Waals surface area contributed by atoms with Gasteiger partial charge in [0.1, 0.15) is 5.57 Å². The second-order valence-corrected chi connectivity index (χ2v) is 4.29. The molecule has 0 N–H and O–H groups in total. The molecule has 0 heterocycles. The Balaban J connectivity index is 2.91. The molecule has 1 nitrogen and oxygen atoms in total. The fourth-order valence-electron chi connectivity index (χ4n) is 1.97. The Morgan fingerprint density at radius 1 is 0.889 bits per heavy atom. The first-order valence-corrected chi connectivity index (χ1v) is 5.52. The van der Waals surface area contributed by atoms with Gasteiger partial charge in [0.25, 0.3) is 0 Å². The summed E-state index contributed by atoms with van der Waals surface area (Å²) in [6, 6.07) is 0. The summed E-state index contributed by atoms with van der Waals surface area (Å²) in [6.07, 6.45) is -8.48. The summed E-state index contributed by atoms with van der Waals surface area (Å²) in [4.78, 5) is 11.4. The van der Waals surface area contributed by atoms with Crippen LogP contribution >= 0.6 is 0 Å². The number of carbonyl (C=O) groups excluding carboxylic acids is 1. The summed E-state index contributed by atoms with van der Waals surface area (Å²) in [5.41, 5.74) is -2.72. The van der Waals surface area contributed by atoms with Gasteiger partial charge in [0.2, 0.25) is 0 Å². The smallest absolute Gasteiger partial charge is 0.295 e. The average Bonchev–Trinajstić information content (AvgIpc) is 2.23. The van der Waals surface area contributed by atoms with Crippen molar-refractivity contribution in [2.75, 3.05) is 0 Å². The summed E-state index contributed by atoms with van der Waals surface area (Å²) in [5, 5.41) is 0. The first-order valence-electron chi connectivity index (χ1n) is 5.52. The van der Waals surface area contributed by atoms with Gasteiger partial charge in [0, 0.05) is 5.92 Å². The van der Waals surface area contributed by atoms with E-state index in [4.69, 9.17) is 0 Å². The molecule has 1 aliphatic rings. The van der Waals surface area contributed by atoms with Crippen LogP contribution in [0.4, 0.5) is 26.3 Å². The highest BCUT2D eigenvalue weighted by Gasteiger charge is 2.51. The largest absolute Gasteiger partial charge is 0.421 e. The summed E-state index contributed by atoms with van der Waals surface area (Å²) >= 11 is 0. The number of alkyl halides is 6. The molecule has 0 amide bonds. The molecule has 0 aliphatic heterocycles. The van der Waals surface area contributed by atoms with Crippen LogP contribution in [0.25, 0.3) is 0 Å². The van der Waals surface area contributed by atoms with Gasteiger partial charge in [-0.25, -0.2) is 0 Å². The molecule has 0 atom stereocenters. The third-order valence-electron chi connectivity index (χ3n) is 2.90. The molecule has 1 aliphatic carbocycles. The summed E-state index contributed by atoms with van der Waals surface area (Å²) in [7, 11) is 0. The Kier molecular flexibility index (Phi) is 4.45. The lowest BCUT2D eigenvalue weighted by Gasteiger charge is -2.20. The number of hydrogen-bond donors (Lipinski definition) is 0. The maximum atomic E-state index is 12.2. The van der Waals surface area contributed by atoms with Crippen molar-refractivity contribution in [1.82, 2.24) is 0 Å². The zero-order valence-corrected chi connectivity index (χ0v) is 9.37. The van der Waals surface area contributed by atoms with Gasteiger partial charge in [-0.15, -0.1) is 0 Å². The van der Waals surface area contributed by atoms with Gasteiger partial charge in [-0.2, -0.15) is 26.3 Å². The van der Waals surface area contributed by atoms with Gasteiger partial charge in [-0.1, -0.05) is 19.3 Å². The standard InChI is InChI=1S/C11H12F6O/c12-10(13,14)9(11(15,16)17)6-8(18)7-4-2-1-3-5-7/h6-7H,1-5H2. The quantitative estimate of drug-likeness (QED) is 0.545. The Bertz CT molecular complexity index is 316. The second-order valence-electron chi connectivity index (χ2n) is 4.29. The van der Waals surface area contributed by atoms with Crippen molar-refractivity contribution in [2.45, 2.75) is 44.5 Å². The van der Waals surface area contributed by atoms with Crippen LogP contribution in [0.15, 0.2) is 11.6 Å². The molecule has 0 unspecified atom stereocenters. The van der Waals surface area contributed by atoms with Gasteiger partial charge in [-0.05, 0) is 18.9 Å². The van der Waals surface area contributed by atoms with E-state index in [0.717, 1.165) is 6.42 Å². The number of allylic oxidation sites excluding steroid dienone is 2. The van der Waals surface area contributed by atoms with E-state index in [9.17, 15) is 31.1 Å². The van der Waals surface area contributed by atoms with Crippen LogP contribution in [0.3, 0.4) is 0 Å². The molecular formula is C11H12F6O. The fourth-order valence-corrected chi connectivity index (χ4v) is 1.97. The zero-order valence-electron chi connectivity index (χ0n) is 9.37. The minimum absolute atomic E-state index is 0.282. The Hall–Kier alpha value is -1.01. The van der Waals surface area contributed by atoms with Gasteiger partial charge in [-0.3, -0.25) is 4.79 Å². The van der Waals surface area contributed by atoms with Crippen molar-refractivity contribution in [3.63, 3.8) is 0 Å². The van der Waals surface area contributed by atoms with E-state index in [1.165, 1.54) is 0 Å². The molecule has 0 bridgehead atoms. The fraction of sp³-hybridized carbons (Fsp3) is 0.727. The van der Waals surface area contributed by atoms with Crippen LogP contribution in [-0.2, 0) is 4.79 Å². The van der Waals surface area contributed by atoms with E-state index in [0.29, 0.717) is 25.7 Å². The van der Waals surface area contributed by atoms with Crippen molar-refractivity contribution in [1.29, 1.82) is 0 Å². The van der Waals surface area contributed by atoms with Crippen molar-refractivity contribution < 1.29 is 31.1 Å². The Morgan fingerprint density at radius 2 is 1.33 bits per heavy atom. The number of hydrogen-bond acceptors (Lipinski definition) is 1. The van der Waals surface area contributed by atoms with E-state index >= 15 is 0 Å². The monoisotopic (exact) mass is 274 g/mol. The molecule has 0 radical (unpaired) electrons. The van der Waals surface area contributed by atoms with Crippen LogP contribution < -0.4 is 0 Å². The van der Waals surface area contributed by atoms with Gasteiger partial charge >= 0.3 is 12.4 Å². The third kappa shape index (κ3) is 4.03. The molecule has 0 spiro atoms. The lowest BCUT2D eigenvalue weighted by atomic mass is 9.85. The molecule has 0 aromatic carbocycles. The highest BCUT2D eigenvalue weighted by Crippen LogP contribution is 2.39. The van der Waals surface area contributed by atoms with E-state index in [1.807, 2.05) is 0 Å². The molecule has 0 aromatic heterocycles. The van der Waals surface area contributed by atoms with Crippen LogP contribution in [0.2, 0.25) is 0 Å². The number of ketones is 1. The zero-order chi connectivity index (χ0) is 14.0. The normalized spacial score (nSPS) is 18.6. The van der Waals surface area contributed by atoms with Crippen LogP contribution in [0.1, 0.15) is 32.1 Å². The van der Waals surface area contributed by atoms with Crippen LogP contribution in [0.5, 0.6) is 0 Å². The molecular weight excluding hydrogens is 262 g/mol. The van der Waals surface area contributed by atoms with Gasteiger partial charge in [0.05, 0.1) is 0 Å². The maximum absolute atomic E-state index is 12.2. The van der Waals surface area contributed by atoms with Crippen LogP contribution in [0, 0.1) is 5.92 Å².